The van der Waals surface area contributed by atoms with Crippen LogP contribution in [0.1, 0.15) is 72.6 Å². The minimum atomic E-state index is -2.02. The number of ether oxygens (including phenoxy) is 3. The van der Waals surface area contributed by atoms with Crippen molar-refractivity contribution in [3.63, 3.8) is 0 Å². The smallest absolute Gasteiger partial charge is 0.226 e. The van der Waals surface area contributed by atoms with E-state index in [2.05, 4.69) is 0 Å². The van der Waals surface area contributed by atoms with Crippen molar-refractivity contribution in [2.24, 2.45) is 0 Å². The first kappa shape index (κ1) is 27.1. The van der Waals surface area contributed by atoms with Crippen molar-refractivity contribution in [1.29, 1.82) is 0 Å². The molecule has 0 fully saturated rings. The third-order valence-corrected chi connectivity index (χ3v) is 3.82. The summed E-state index contributed by atoms with van der Waals surface area (Å²) in [5.41, 5.74) is -2.02. The molecule has 0 aromatic rings. The number of hydrogen-bond acceptors (Lipinski definition) is 6. The van der Waals surface area contributed by atoms with Crippen molar-refractivity contribution >= 4 is 11.8 Å². The van der Waals surface area contributed by atoms with Crippen LogP contribution < -0.4 is 5.11 Å². The molecule has 0 aromatic heterocycles. The monoisotopic (exact) mass is 435 g/mol. The molecule has 0 N–H and O–H groups in total. The summed E-state index contributed by atoms with van der Waals surface area (Å²) in [6.45, 7) is 8.41. The van der Waals surface area contributed by atoms with E-state index in [1.54, 1.807) is 6.92 Å². The second-order valence-corrected chi connectivity index (χ2v) is 5.81. The zero-order chi connectivity index (χ0) is 18.4. The number of aliphatic carboxylic acids is 1. The molecule has 0 spiro atoms. The molecule has 0 aliphatic heterocycles. The fourth-order valence-corrected chi connectivity index (χ4v) is 2.10. The molecule has 0 heterocycles. The Morgan fingerprint density at radius 3 is 1.68 bits per heavy atom. The van der Waals surface area contributed by atoms with Gasteiger partial charge in [0.1, 0.15) is 0 Å². The molecule has 0 rings (SSSR count). The van der Waals surface area contributed by atoms with E-state index >= 15 is 0 Å². The van der Waals surface area contributed by atoms with Crippen LogP contribution in [-0.2, 0) is 50.0 Å². The molecule has 0 aromatic carbocycles. The first-order valence-corrected chi connectivity index (χ1v) is 9.12. The minimum Gasteiger partial charge on any atom is -0.546 e. The quantitative estimate of drug-likeness (QED) is 0.210. The predicted octanol–water partition coefficient (Wildman–Crippen LogP) is 2.23. The van der Waals surface area contributed by atoms with E-state index in [0.717, 1.165) is 32.1 Å². The first-order chi connectivity index (χ1) is 11.5. The van der Waals surface area contributed by atoms with E-state index in [4.69, 9.17) is 14.2 Å². The van der Waals surface area contributed by atoms with Gasteiger partial charge in [-0.1, -0.05) is 47.0 Å². The third kappa shape index (κ3) is 9.41. The Kier molecular flexibility index (Phi) is 17.5. The van der Waals surface area contributed by atoms with E-state index in [1.807, 2.05) is 20.8 Å². The maximum Gasteiger partial charge on any atom is 0.226 e. The Hall–Kier alpha value is -0.0969. The zero-order valence-corrected chi connectivity index (χ0v) is 18.6. The Morgan fingerprint density at radius 1 is 0.880 bits per heavy atom. The summed E-state index contributed by atoms with van der Waals surface area (Å²) < 4.78 is 16.5. The Morgan fingerprint density at radius 2 is 1.32 bits per heavy atom. The number of carbonyl (C=O) groups excluding carboxylic acids is 2. The summed E-state index contributed by atoms with van der Waals surface area (Å²) in [5.74, 6) is -2.25. The van der Waals surface area contributed by atoms with E-state index in [1.165, 1.54) is 0 Å². The standard InChI is InChI=1S/C18H34O6.Zr/c1-5-9-12-22-16(23-13-10-6-2)15(19)18(8-4,17(20)21)24-14-11-7-3;/h16H,5-14H2,1-4H3,(H,20,21);/p-1. The van der Waals surface area contributed by atoms with Crippen LogP contribution in [0, 0.1) is 0 Å². The van der Waals surface area contributed by atoms with Crippen LogP contribution in [0.4, 0.5) is 0 Å². The van der Waals surface area contributed by atoms with Crippen LogP contribution in [0.2, 0.25) is 0 Å². The normalized spacial score (nSPS) is 13.3. The zero-order valence-electron chi connectivity index (χ0n) is 16.1. The van der Waals surface area contributed by atoms with Crippen LogP contribution in [-0.4, -0.2) is 43.5 Å². The molecule has 7 heteroatoms. The molecule has 6 nitrogen and oxygen atoms in total. The largest absolute Gasteiger partial charge is 0.546 e. The molecule has 0 aliphatic carbocycles. The van der Waals surface area contributed by atoms with Crippen LogP contribution in [0.25, 0.3) is 0 Å². The summed E-state index contributed by atoms with van der Waals surface area (Å²) >= 11 is 0. The van der Waals surface area contributed by atoms with Gasteiger partial charge in [-0.3, -0.25) is 4.79 Å². The molecule has 25 heavy (non-hydrogen) atoms. The number of ketones is 1. The van der Waals surface area contributed by atoms with Crippen molar-refractivity contribution in [3.05, 3.63) is 0 Å². The number of carboxylic acids is 1. The van der Waals surface area contributed by atoms with Crippen molar-refractivity contribution in [2.45, 2.75) is 84.5 Å². The van der Waals surface area contributed by atoms with Gasteiger partial charge in [-0.15, -0.1) is 0 Å². The van der Waals surface area contributed by atoms with Gasteiger partial charge in [-0.2, -0.15) is 0 Å². The molecule has 0 amide bonds. The molecular weight excluding hydrogens is 403 g/mol. The molecule has 0 bridgehead atoms. The fourth-order valence-electron chi connectivity index (χ4n) is 2.10. The van der Waals surface area contributed by atoms with Gasteiger partial charge in [0.05, 0.1) is 19.2 Å². The Labute approximate surface area is 171 Å². The molecule has 0 aliphatic rings. The molecule has 146 valence electrons. The summed E-state index contributed by atoms with van der Waals surface area (Å²) in [7, 11) is 0. The van der Waals surface area contributed by atoms with Crippen LogP contribution in [0.15, 0.2) is 0 Å². The van der Waals surface area contributed by atoms with E-state index in [9.17, 15) is 14.7 Å². The maximum absolute atomic E-state index is 12.8. The van der Waals surface area contributed by atoms with Gasteiger partial charge in [0.25, 0.3) is 0 Å². The second-order valence-electron chi connectivity index (χ2n) is 5.81. The Balaban J connectivity index is 0. The van der Waals surface area contributed by atoms with Gasteiger partial charge in [-0.05, 0) is 25.7 Å². The summed E-state index contributed by atoms with van der Waals surface area (Å²) in [6, 6.07) is 0. The average molecular weight is 437 g/mol. The number of carboxylic acid groups (broad SMARTS) is 1. The fraction of sp³-hybridized carbons (Fsp3) is 0.889. The van der Waals surface area contributed by atoms with Crippen LogP contribution >= 0.6 is 0 Å². The van der Waals surface area contributed by atoms with Gasteiger partial charge in [0.15, 0.2) is 5.60 Å². The number of hydrogen-bond donors (Lipinski definition) is 0. The summed E-state index contributed by atoms with van der Waals surface area (Å²) in [6.07, 6.45) is 3.59. The van der Waals surface area contributed by atoms with Crippen molar-refractivity contribution in [1.82, 2.24) is 0 Å². The number of Topliss-reactive ketones (excluding diaryl/α,β-unsaturated/α-hetero) is 1. The van der Waals surface area contributed by atoms with E-state index < -0.39 is 23.6 Å². The number of carbonyl (C=O) groups is 2. The van der Waals surface area contributed by atoms with Crippen molar-refractivity contribution in [3.8, 4) is 0 Å². The summed E-state index contributed by atoms with van der Waals surface area (Å²) in [4.78, 5) is 24.5. The van der Waals surface area contributed by atoms with Gasteiger partial charge < -0.3 is 24.1 Å². The molecule has 0 radical (unpaired) electrons. The first-order valence-electron chi connectivity index (χ1n) is 9.12. The molecule has 0 saturated carbocycles. The molecular formula is C18H33O6Zr-. The van der Waals surface area contributed by atoms with E-state index in [-0.39, 0.29) is 39.2 Å². The minimum absolute atomic E-state index is 0. The van der Waals surface area contributed by atoms with Crippen molar-refractivity contribution < 1.29 is 55.1 Å². The average Bonchev–Trinajstić information content (AvgIpc) is 2.57. The third-order valence-electron chi connectivity index (χ3n) is 3.82. The van der Waals surface area contributed by atoms with Crippen molar-refractivity contribution in [2.75, 3.05) is 19.8 Å². The van der Waals surface area contributed by atoms with Gasteiger partial charge in [-0.25, -0.2) is 0 Å². The van der Waals surface area contributed by atoms with Gasteiger partial charge in [0.2, 0.25) is 12.1 Å². The summed E-state index contributed by atoms with van der Waals surface area (Å²) in [5, 5.41) is 11.7. The van der Waals surface area contributed by atoms with Crippen LogP contribution in [0.5, 0.6) is 0 Å². The predicted molar refractivity (Wildman–Crippen MR) is 89.4 cm³/mol. The molecule has 1 unspecified atom stereocenters. The van der Waals surface area contributed by atoms with Gasteiger partial charge in [0, 0.05) is 32.8 Å². The molecule has 1 atom stereocenters. The van der Waals surface area contributed by atoms with E-state index in [0.29, 0.717) is 19.6 Å². The Bertz CT molecular complexity index is 353. The van der Waals surface area contributed by atoms with Gasteiger partial charge >= 0.3 is 0 Å². The number of rotatable bonds is 16. The molecule has 0 saturated heterocycles. The van der Waals surface area contributed by atoms with Crippen LogP contribution in [0.3, 0.4) is 0 Å². The number of unbranched alkanes of at least 4 members (excludes halogenated alkanes) is 3. The maximum atomic E-state index is 12.8. The SMILES string of the molecule is CCCCOC(OCCCC)C(=O)C(CC)(OCCCC)C(=O)[O-].[Zr]. The second kappa shape index (κ2) is 16.1. The topological polar surface area (TPSA) is 84.9 Å².